The van der Waals surface area contributed by atoms with Gasteiger partial charge in [-0.05, 0) is 35.4 Å². The molecule has 2 N–H and O–H groups in total. The Labute approximate surface area is 205 Å². The van der Waals surface area contributed by atoms with Crippen LogP contribution in [0.3, 0.4) is 0 Å². The first-order chi connectivity index (χ1) is 15.8. The first kappa shape index (κ1) is 24.6. The standard InChI is InChI=1S/C25H32Cl2N2O4/c1-25(2,19-11-17(23(30)21(26)13-19)15-28-3-7-32-8-4-28)20-12-18(24(31)22(27)14-20)16-29-5-9-33-10-6-29/h11-14,30-31H,3-10,15-16H2,1-2H3. The number of benzene rings is 2. The summed E-state index contributed by atoms with van der Waals surface area (Å²) in [5.41, 5.74) is 3.10. The smallest absolute Gasteiger partial charge is 0.138 e. The Balaban J connectivity index is 1.65. The first-order valence-corrected chi connectivity index (χ1v) is 12.1. The summed E-state index contributed by atoms with van der Waals surface area (Å²) >= 11 is 12.9. The largest absolute Gasteiger partial charge is 0.506 e. The maximum Gasteiger partial charge on any atom is 0.138 e. The molecule has 2 heterocycles. The van der Waals surface area contributed by atoms with Crippen LogP contribution in [0.1, 0.15) is 36.1 Å². The molecule has 2 aliphatic heterocycles. The summed E-state index contributed by atoms with van der Waals surface area (Å²) in [5, 5.41) is 21.9. The molecule has 2 aromatic carbocycles. The van der Waals surface area contributed by atoms with E-state index in [0.717, 1.165) is 48.4 Å². The summed E-state index contributed by atoms with van der Waals surface area (Å²) in [6.45, 7) is 11.5. The predicted octanol–water partition coefficient (Wildman–Crippen LogP) is 4.39. The Morgan fingerprint density at radius 3 is 1.45 bits per heavy atom. The van der Waals surface area contributed by atoms with Crippen molar-refractivity contribution in [2.45, 2.75) is 32.4 Å². The second-order valence-corrected chi connectivity index (χ2v) is 10.1. The molecule has 33 heavy (non-hydrogen) atoms. The second kappa shape index (κ2) is 10.4. The second-order valence-electron chi connectivity index (χ2n) is 9.33. The van der Waals surface area contributed by atoms with Crippen molar-refractivity contribution >= 4 is 23.2 Å². The Morgan fingerprint density at radius 1 is 0.727 bits per heavy atom. The van der Waals surface area contributed by atoms with E-state index in [1.54, 1.807) is 0 Å². The van der Waals surface area contributed by atoms with Crippen LogP contribution in [0.2, 0.25) is 10.0 Å². The molecule has 0 amide bonds. The molecular weight excluding hydrogens is 463 g/mol. The van der Waals surface area contributed by atoms with Crippen molar-refractivity contribution in [1.29, 1.82) is 0 Å². The maximum absolute atomic E-state index is 10.6. The number of hydrogen-bond donors (Lipinski definition) is 2. The third-order valence-corrected chi connectivity index (χ3v) is 7.30. The van der Waals surface area contributed by atoms with Gasteiger partial charge in [-0.1, -0.05) is 37.0 Å². The molecule has 0 unspecified atom stereocenters. The number of nitrogens with zero attached hydrogens (tertiary/aromatic N) is 2. The molecule has 180 valence electrons. The van der Waals surface area contributed by atoms with E-state index in [0.29, 0.717) is 49.6 Å². The molecule has 0 bridgehead atoms. The van der Waals surface area contributed by atoms with Gasteiger partial charge < -0.3 is 19.7 Å². The van der Waals surface area contributed by atoms with E-state index in [9.17, 15) is 10.2 Å². The quantitative estimate of drug-likeness (QED) is 0.620. The summed E-state index contributed by atoms with van der Waals surface area (Å²) in [6.07, 6.45) is 0. The molecule has 0 atom stereocenters. The van der Waals surface area contributed by atoms with E-state index in [-0.39, 0.29) is 11.5 Å². The summed E-state index contributed by atoms with van der Waals surface area (Å²) in [6, 6.07) is 7.70. The minimum absolute atomic E-state index is 0.124. The van der Waals surface area contributed by atoms with Crippen molar-refractivity contribution in [3.63, 3.8) is 0 Å². The Hall–Kier alpha value is -1.54. The van der Waals surface area contributed by atoms with E-state index >= 15 is 0 Å². The van der Waals surface area contributed by atoms with Gasteiger partial charge in [-0.3, -0.25) is 9.80 Å². The lowest BCUT2D eigenvalue weighted by atomic mass is 9.77. The average Bonchev–Trinajstić information content (AvgIpc) is 2.81. The summed E-state index contributed by atoms with van der Waals surface area (Å²) < 4.78 is 10.9. The van der Waals surface area contributed by atoms with Crippen LogP contribution in [0.15, 0.2) is 24.3 Å². The molecule has 0 radical (unpaired) electrons. The molecule has 2 saturated heterocycles. The van der Waals surface area contributed by atoms with Crippen molar-refractivity contribution in [1.82, 2.24) is 9.80 Å². The summed E-state index contributed by atoms with van der Waals surface area (Å²) in [7, 11) is 0. The van der Waals surface area contributed by atoms with E-state index in [1.165, 1.54) is 0 Å². The van der Waals surface area contributed by atoms with Gasteiger partial charge in [0.05, 0.1) is 36.5 Å². The lowest BCUT2D eigenvalue weighted by Crippen LogP contribution is -2.36. The van der Waals surface area contributed by atoms with E-state index in [4.69, 9.17) is 32.7 Å². The molecule has 8 heteroatoms. The van der Waals surface area contributed by atoms with Crippen LogP contribution in [0.5, 0.6) is 11.5 Å². The fourth-order valence-corrected chi connectivity index (χ4v) is 4.92. The van der Waals surface area contributed by atoms with Crippen LogP contribution >= 0.6 is 23.2 Å². The molecular formula is C25H32Cl2N2O4. The Bertz CT molecular complexity index is 909. The van der Waals surface area contributed by atoms with Crippen LogP contribution < -0.4 is 0 Å². The fraction of sp³-hybridized carbons (Fsp3) is 0.520. The third-order valence-electron chi connectivity index (χ3n) is 6.72. The van der Waals surface area contributed by atoms with Gasteiger partial charge >= 0.3 is 0 Å². The van der Waals surface area contributed by atoms with Crippen molar-refractivity contribution in [2.75, 3.05) is 52.6 Å². The molecule has 0 spiro atoms. The maximum atomic E-state index is 10.6. The van der Waals surface area contributed by atoms with Crippen molar-refractivity contribution in [2.24, 2.45) is 0 Å². The molecule has 2 aromatic rings. The summed E-state index contributed by atoms with van der Waals surface area (Å²) in [4.78, 5) is 4.51. The van der Waals surface area contributed by atoms with Gasteiger partial charge in [-0.25, -0.2) is 0 Å². The van der Waals surface area contributed by atoms with Gasteiger partial charge in [-0.2, -0.15) is 0 Å². The monoisotopic (exact) mass is 494 g/mol. The highest BCUT2D eigenvalue weighted by Gasteiger charge is 2.28. The number of phenols is 2. The lowest BCUT2D eigenvalue weighted by Gasteiger charge is -2.31. The fourth-order valence-electron chi connectivity index (χ4n) is 4.44. The minimum atomic E-state index is -0.450. The van der Waals surface area contributed by atoms with Gasteiger partial charge in [-0.15, -0.1) is 0 Å². The highest BCUT2D eigenvalue weighted by atomic mass is 35.5. The van der Waals surface area contributed by atoms with E-state index in [2.05, 4.69) is 23.6 Å². The molecule has 6 nitrogen and oxygen atoms in total. The minimum Gasteiger partial charge on any atom is -0.506 e. The van der Waals surface area contributed by atoms with E-state index in [1.807, 2.05) is 24.3 Å². The number of morpholine rings is 2. The van der Waals surface area contributed by atoms with Crippen LogP contribution in [0.25, 0.3) is 0 Å². The normalized spacial score (nSPS) is 18.5. The van der Waals surface area contributed by atoms with Crippen molar-refractivity contribution in [3.8, 4) is 11.5 Å². The number of halogens is 2. The molecule has 2 fully saturated rings. The zero-order valence-corrected chi connectivity index (χ0v) is 20.8. The van der Waals surface area contributed by atoms with Crippen molar-refractivity contribution in [3.05, 3.63) is 56.6 Å². The number of aromatic hydroxyl groups is 2. The molecule has 0 aliphatic carbocycles. The molecule has 4 rings (SSSR count). The van der Waals surface area contributed by atoms with Gasteiger partial charge in [0.15, 0.2) is 0 Å². The van der Waals surface area contributed by atoms with E-state index < -0.39 is 5.41 Å². The molecule has 0 saturated carbocycles. The topological polar surface area (TPSA) is 65.4 Å². The SMILES string of the molecule is CC(C)(c1cc(Cl)c(O)c(CN2CCOCC2)c1)c1cc(Cl)c(O)c(CN2CCOCC2)c1. The number of phenolic OH excluding ortho intramolecular Hbond substituents is 2. The highest BCUT2D eigenvalue weighted by molar-refractivity contribution is 6.32. The third kappa shape index (κ3) is 5.59. The van der Waals surface area contributed by atoms with Crippen LogP contribution in [-0.2, 0) is 28.0 Å². The first-order valence-electron chi connectivity index (χ1n) is 11.4. The van der Waals surface area contributed by atoms with Crippen LogP contribution in [0.4, 0.5) is 0 Å². The number of ether oxygens (including phenoxy) is 2. The number of hydrogen-bond acceptors (Lipinski definition) is 6. The van der Waals surface area contributed by atoms with Gasteiger partial charge in [0.1, 0.15) is 11.5 Å². The van der Waals surface area contributed by atoms with Crippen molar-refractivity contribution < 1.29 is 19.7 Å². The van der Waals surface area contributed by atoms with Crippen LogP contribution in [0, 0.1) is 0 Å². The Morgan fingerprint density at radius 2 is 1.09 bits per heavy atom. The average molecular weight is 495 g/mol. The summed E-state index contributed by atoms with van der Waals surface area (Å²) in [5.74, 6) is 0.249. The zero-order valence-electron chi connectivity index (χ0n) is 19.2. The predicted molar refractivity (Wildman–Crippen MR) is 131 cm³/mol. The Kier molecular flexibility index (Phi) is 7.73. The number of rotatable bonds is 6. The molecule has 2 aliphatic rings. The molecule has 0 aromatic heterocycles. The van der Waals surface area contributed by atoms with Crippen LogP contribution in [-0.4, -0.2) is 72.6 Å². The highest BCUT2D eigenvalue weighted by Crippen LogP contribution is 2.41. The van der Waals surface area contributed by atoms with Gasteiger partial charge in [0.25, 0.3) is 0 Å². The lowest BCUT2D eigenvalue weighted by molar-refractivity contribution is 0.0338. The zero-order chi connectivity index (χ0) is 23.6. The van der Waals surface area contributed by atoms with Gasteiger partial charge in [0, 0.05) is 55.8 Å². The van der Waals surface area contributed by atoms with Gasteiger partial charge in [0.2, 0.25) is 0 Å².